The number of ketones is 1. The van der Waals surface area contributed by atoms with E-state index in [0.29, 0.717) is 6.04 Å². The van der Waals surface area contributed by atoms with E-state index >= 15 is 0 Å². The Balaban J connectivity index is 1.38. The molecule has 1 aliphatic heterocycles. The Morgan fingerprint density at radius 2 is 1.56 bits per heavy atom. The van der Waals surface area contributed by atoms with Crippen LogP contribution in [0.4, 0.5) is 23.2 Å². The summed E-state index contributed by atoms with van der Waals surface area (Å²) in [4.78, 5) is 29.3. The molecule has 232 valence electrons. The number of halogens is 4. The molecule has 2 fully saturated rings. The van der Waals surface area contributed by atoms with Crippen molar-refractivity contribution in [3.8, 4) is 6.07 Å². The molecule has 0 unspecified atom stereocenters. The van der Waals surface area contributed by atoms with E-state index < -0.39 is 41.0 Å². The fraction of sp³-hybridized carbons (Fsp3) is 0.286. The third-order valence-corrected chi connectivity index (χ3v) is 8.25. The maximum Gasteiger partial charge on any atom is 0.252 e. The third kappa shape index (κ3) is 7.49. The van der Waals surface area contributed by atoms with Crippen molar-refractivity contribution in [2.75, 3.05) is 25.0 Å². The number of anilines is 1. The normalized spacial score (nSPS) is 20.4. The molecule has 2 N–H and O–H groups in total. The highest BCUT2D eigenvalue weighted by atomic mass is 19.2. The molecule has 1 aliphatic carbocycles. The molecule has 0 radical (unpaired) electrons. The summed E-state index contributed by atoms with van der Waals surface area (Å²) < 4.78 is 54.8. The standard InChI is InChI=1S/C35H32F4N4O2/c1-2-43-11-3-4-28(43)20-41-26-7-8-29(25(18-26)19-40)35(45)42-27-16-23(12-21-5-9-30(36)32(38)14-21)34(44)24(17-27)13-22-6-10-31(37)33(39)15-22/h5-10,12-15,18,27-28,41H,2-4,11,16-17,20H2,1H3,(H,42,45)/b23-12+,24-13+/t28-/m0/s1. The van der Waals surface area contributed by atoms with Crippen molar-refractivity contribution >= 4 is 29.5 Å². The minimum absolute atomic E-state index is 0.0650. The van der Waals surface area contributed by atoms with Gasteiger partial charge >= 0.3 is 0 Å². The van der Waals surface area contributed by atoms with Crippen LogP contribution in [-0.2, 0) is 4.79 Å². The second-order valence-corrected chi connectivity index (χ2v) is 11.3. The van der Waals surface area contributed by atoms with Crippen LogP contribution in [0.25, 0.3) is 12.2 Å². The average Bonchev–Trinajstić information content (AvgIpc) is 3.49. The lowest BCUT2D eigenvalue weighted by Gasteiger charge is -2.27. The molecule has 1 heterocycles. The number of nitriles is 1. The molecule has 0 spiro atoms. The summed E-state index contributed by atoms with van der Waals surface area (Å²) in [6.45, 7) is 4.88. The van der Waals surface area contributed by atoms with E-state index in [1.165, 1.54) is 24.3 Å². The van der Waals surface area contributed by atoms with Gasteiger partial charge in [-0.25, -0.2) is 17.6 Å². The van der Waals surface area contributed by atoms with Crippen LogP contribution in [0.1, 0.15) is 59.7 Å². The van der Waals surface area contributed by atoms with Gasteiger partial charge in [0, 0.05) is 35.5 Å². The van der Waals surface area contributed by atoms with Crippen LogP contribution in [0, 0.1) is 34.6 Å². The van der Waals surface area contributed by atoms with Gasteiger partial charge in [-0.3, -0.25) is 14.5 Å². The number of amides is 1. The Kier molecular flexibility index (Phi) is 9.79. The number of nitrogens with zero attached hydrogens (tertiary/aromatic N) is 2. The number of likely N-dealkylation sites (tertiary alicyclic amines) is 1. The zero-order chi connectivity index (χ0) is 32.1. The summed E-state index contributed by atoms with van der Waals surface area (Å²) in [5, 5.41) is 16.1. The van der Waals surface area contributed by atoms with E-state index in [1.807, 2.05) is 0 Å². The van der Waals surface area contributed by atoms with Gasteiger partial charge in [0.25, 0.3) is 5.91 Å². The molecule has 5 rings (SSSR count). The lowest BCUT2D eigenvalue weighted by Crippen LogP contribution is -2.39. The predicted octanol–water partition coefficient (Wildman–Crippen LogP) is 6.64. The first-order valence-corrected chi connectivity index (χ1v) is 14.8. The van der Waals surface area contributed by atoms with Crippen molar-refractivity contribution in [2.45, 2.75) is 44.7 Å². The maximum atomic E-state index is 13.9. The van der Waals surface area contributed by atoms with E-state index in [1.54, 1.807) is 18.2 Å². The number of hydrogen-bond donors (Lipinski definition) is 2. The molecular weight excluding hydrogens is 584 g/mol. The van der Waals surface area contributed by atoms with Crippen LogP contribution in [0.2, 0.25) is 0 Å². The summed E-state index contributed by atoms with van der Waals surface area (Å²) in [5.41, 5.74) is 1.96. The van der Waals surface area contributed by atoms with E-state index in [-0.39, 0.29) is 46.2 Å². The molecule has 2 aliphatic rings. The monoisotopic (exact) mass is 616 g/mol. The molecule has 3 aromatic carbocycles. The molecule has 3 aromatic rings. The van der Waals surface area contributed by atoms with E-state index in [2.05, 4.69) is 28.5 Å². The predicted molar refractivity (Wildman–Crippen MR) is 164 cm³/mol. The highest BCUT2D eigenvalue weighted by Gasteiger charge is 2.30. The average molecular weight is 617 g/mol. The van der Waals surface area contributed by atoms with E-state index in [0.717, 1.165) is 62.4 Å². The van der Waals surface area contributed by atoms with Crippen LogP contribution in [0.15, 0.2) is 65.7 Å². The van der Waals surface area contributed by atoms with Crippen molar-refractivity contribution in [1.82, 2.24) is 10.2 Å². The number of hydrogen-bond acceptors (Lipinski definition) is 5. The molecule has 0 aromatic heterocycles. The Morgan fingerprint density at radius 1 is 0.933 bits per heavy atom. The Bertz CT molecular complexity index is 1660. The number of likely N-dealkylation sites (N-methyl/N-ethyl adjacent to an activating group) is 1. The van der Waals surface area contributed by atoms with Gasteiger partial charge in [0.15, 0.2) is 29.1 Å². The van der Waals surface area contributed by atoms with E-state index in [4.69, 9.17) is 0 Å². The number of Topliss-reactive ketones (excluding diaryl/α,β-unsaturated/α-hetero) is 1. The van der Waals surface area contributed by atoms with Crippen molar-refractivity contribution < 1.29 is 27.2 Å². The van der Waals surface area contributed by atoms with Crippen LogP contribution in [0.5, 0.6) is 0 Å². The van der Waals surface area contributed by atoms with E-state index in [9.17, 15) is 32.4 Å². The Hall–Kier alpha value is -4.75. The largest absolute Gasteiger partial charge is 0.383 e. The third-order valence-electron chi connectivity index (χ3n) is 8.25. The van der Waals surface area contributed by atoms with Crippen LogP contribution in [-0.4, -0.2) is 48.3 Å². The first-order valence-electron chi connectivity index (χ1n) is 14.8. The molecule has 1 saturated heterocycles. The number of rotatable bonds is 8. The zero-order valence-corrected chi connectivity index (χ0v) is 24.7. The van der Waals surface area contributed by atoms with Crippen LogP contribution >= 0.6 is 0 Å². The minimum atomic E-state index is -1.08. The summed E-state index contributed by atoms with van der Waals surface area (Å²) in [6.07, 6.45) is 5.19. The molecule has 6 nitrogen and oxygen atoms in total. The van der Waals surface area contributed by atoms with Crippen molar-refractivity contribution in [3.63, 3.8) is 0 Å². The molecule has 10 heteroatoms. The minimum Gasteiger partial charge on any atom is -0.383 e. The van der Waals surface area contributed by atoms with Gasteiger partial charge in [0.2, 0.25) is 0 Å². The van der Waals surface area contributed by atoms with Crippen LogP contribution in [0.3, 0.4) is 0 Å². The number of carbonyl (C=O) groups excluding carboxylic acids is 2. The molecule has 45 heavy (non-hydrogen) atoms. The molecule has 1 amide bonds. The lowest BCUT2D eigenvalue weighted by molar-refractivity contribution is -0.113. The van der Waals surface area contributed by atoms with Gasteiger partial charge in [-0.05, 0) is 105 Å². The second-order valence-electron chi connectivity index (χ2n) is 11.3. The topological polar surface area (TPSA) is 85.2 Å². The highest BCUT2D eigenvalue weighted by molar-refractivity contribution is 6.14. The van der Waals surface area contributed by atoms with Gasteiger partial charge < -0.3 is 10.6 Å². The van der Waals surface area contributed by atoms with Crippen molar-refractivity contribution in [1.29, 1.82) is 5.26 Å². The number of nitrogens with one attached hydrogen (secondary N) is 2. The highest BCUT2D eigenvalue weighted by Crippen LogP contribution is 2.30. The first kappa shape index (κ1) is 31.7. The fourth-order valence-electron chi connectivity index (χ4n) is 5.94. The van der Waals surface area contributed by atoms with Crippen molar-refractivity contribution in [3.05, 3.63) is 111 Å². The van der Waals surface area contributed by atoms with Gasteiger partial charge in [-0.15, -0.1) is 0 Å². The summed E-state index contributed by atoms with van der Waals surface area (Å²) in [6, 6.07) is 13.3. The summed E-state index contributed by atoms with van der Waals surface area (Å²) in [7, 11) is 0. The first-order chi connectivity index (χ1) is 21.6. The molecule has 1 atom stereocenters. The molecular formula is C35H32F4N4O2. The SMILES string of the molecule is CCN1CCC[C@H]1CNc1ccc(C(=O)NC2C/C(=C\c3ccc(F)c(F)c3)C(=O)/C(=C/c3ccc(F)c(F)c3)C2)c(C#N)c1. The quantitative estimate of drug-likeness (QED) is 0.219. The van der Waals surface area contributed by atoms with Gasteiger partial charge in [-0.1, -0.05) is 19.1 Å². The summed E-state index contributed by atoms with van der Waals surface area (Å²) in [5.74, 6) is -5.18. The Morgan fingerprint density at radius 3 is 2.11 bits per heavy atom. The van der Waals surface area contributed by atoms with Crippen molar-refractivity contribution in [2.24, 2.45) is 0 Å². The van der Waals surface area contributed by atoms with Gasteiger partial charge in [0.05, 0.1) is 11.1 Å². The molecule has 0 bridgehead atoms. The lowest BCUT2D eigenvalue weighted by atomic mass is 9.83. The number of benzene rings is 3. The van der Waals surface area contributed by atoms with Gasteiger partial charge in [-0.2, -0.15) is 5.26 Å². The zero-order valence-electron chi connectivity index (χ0n) is 24.7. The summed E-state index contributed by atoms with van der Waals surface area (Å²) >= 11 is 0. The van der Waals surface area contributed by atoms with Gasteiger partial charge in [0.1, 0.15) is 6.07 Å². The molecule has 1 saturated carbocycles. The second kappa shape index (κ2) is 13.9. The van der Waals surface area contributed by atoms with Crippen LogP contribution < -0.4 is 10.6 Å². The smallest absolute Gasteiger partial charge is 0.252 e. The maximum absolute atomic E-state index is 13.9. The Labute approximate surface area is 259 Å². The number of carbonyl (C=O) groups is 2. The fourth-order valence-corrected chi connectivity index (χ4v) is 5.94.